The van der Waals surface area contributed by atoms with Gasteiger partial charge in [-0.2, -0.15) is 5.10 Å². The summed E-state index contributed by atoms with van der Waals surface area (Å²) in [5.74, 6) is -1.53. The number of aryl methyl sites for hydroxylation is 2. The van der Waals surface area contributed by atoms with Crippen molar-refractivity contribution in [1.82, 2.24) is 9.99 Å². The largest absolute Gasteiger partial charge is 0.316 e. The van der Waals surface area contributed by atoms with Crippen molar-refractivity contribution in [3.63, 3.8) is 0 Å². The second-order valence-electron chi connectivity index (χ2n) is 8.83. The van der Waals surface area contributed by atoms with E-state index in [4.69, 9.17) is 23.2 Å². The third kappa shape index (κ3) is 6.16. The van der Waals surface area contributed by atoms with E-state index in [1.54, 1.807) is 30.3 Å². The zero-order valence-corrected chi connectivity index (χ0v) is 23.6. The van der Waals surface area contributed by atoms with Crippen LogP contribution in [0.15, 0.2) is 82.8 Å². The van der Waals surface area contributed by atoms with Crippen molar-refractivity contribution >= 4 is 51.0 Å². The molecule has 0 radical (unpaired) electrons. The van der Waals surface area contributed by atoms with E-state index in [0.29, 0.717) is 15.6 Å². The van der Waals surface area contributed by atoms with E-state index in [1.165, 1.54) is 36.5 Å². The number of hydrogen-bond acceptors (Lipinski definition) is 4. The second-order valence-corrected chi connectivity index (χ2v) is 11.5. The molecule has 0 atom stereocenters. The molecule has 202 valence electrons. The van der Waals surface area contributed by atoms with Crippen molar-refractivity contribution < 1.29 is 17.6 Å². The van der Waals surface area contributed by atoms with Crippen LogP contribution in [-0.4, -0.2) is 31.7 Å². The van der Waals surface area contributed by atoms with Gasteiger partial charge in [0.05, 0.1) is 27.5 Å². The highest BCUT2D eigenvalue weighted by Crippen LogP contribution is 2.29. The maximum absolute atomic E-state index is 14.7. The first-order valence-corrected chi connectivity index (χ1v) is 14.0. The van der Waals surface area contributed by atoms with Gasteiger partial charge in [-0.25, -0.2) is 18.2 Å². The summed E-state index contributed by atoms with van der Waals surface area (Å²) >= 11 is 12.4. The third-order valence-electron chi connectivity index (χ3n) is 6.03. The van der Waals surface area contributed by atoms with E-state index in [-0.39, 0.29) is 10.6 Å². The average molecular weight is 588 g/mol. The molecule has 0 saturated heterocycles. The van der Waals surface area contributed by atoms with Crippen LogP contribution in [0.1, 0.15) is 22.5 Å². The average Bonchev–Trinajstić information content (AvgIpc) is 3.16. The van der Waals surface area contributed by atoms with Crippen LogP contribution in [0.3, 0.4) is 0 Å². The van der Waals surface area contributed by atoms with Crippen LogP contribution in [0.2, 0.25) is 10.0 Å². The number of hydrazone groups is 1. The second kappa shape index (κ2) is 11.6. The minimum Gasteiger partial charge on any atom is -0.316 e. The van der Waals surface area contributed by atoms with E-state index >= 15 is 0 Å². The molecule has 7 nitrogen and oxygen atoms in total. The van der Waals surface area contributed by atoms with Gasteiger partial charge in [-0.05, 0) is 69.3 Å². The minimum atomic E-state index is -4.26. The molecule has 1 N–H and O–H groups in total. The maximum Gasteiger partial charge on any atom is 0.264 e. The predicted molar refractivity (Wildman–Crippen MR) is 153 cm³/mol. The summed E-state index contributed by atoms with van der Waals surface area (Å²) in [6, 6.07) is 18.5. The van der Waals surface area contributed by atoms with Gasteiger partial charge in [0.1, 0.15) is 12.4 Å². The Labute approximate surface area is 236 Å². The van der Waals surface area contributed by atoms with Gasteiger partial charge >= 0.3 is 0 Å². The monoisotopic (exact) mass is 586 g/mol. The van der Waals surface area contributed by atoms with Crippen LogP contribution in [0, 0.1) is 26.6 Å². The Kier molecular flexibility index (Phi) is 8.44. The van der Waals surface area contributed by atoms with Gasteiger partial charge in [-0.3, -0.25) is 9.10 Å². The SMILES string of the molecule is Cc1ccc(S(=O)(=O)N(CC(=O)N/N=C/c2cc(C)n(-c3ccc(Cl)cc3Cl)c2C)c2ccccc2F)cc1. The molecule has 1 aromatic heterocycles. The number of amides is 1. The summed E-state index contributed by atoms with van der Waals surface area (Å²) in [5.41, 5.74) is 6.08. The number of para-hydroxylation sites is 1. The summed E-state index contributed by atoms with van der Waals surface area (Å²) in [7, 11) is -4.26. The van der Waals surface area contributed by atoms with E-state index in [1.807, 2.05) is 31.4 Å². The van der Waals surface area contributed by atoms with E-state index < -0.39 is 28.3 Å². The number of carbonyl (C=O) groups is 1. The molecule has 0 aliphatic heterocycles. The van der Waals surface area contributed by atoms with Crippen LogP contribution in [0.4, 0.5) is 10.1 Å². The molecule has 11 heteroatoms. The molecule has 0 unspecified atom stereocenters. The molecule has 4 rings (SSSR count). The van der Waals surface area contributed by atoms with Crippen molar-refractivity contribution in [3.05, 3.63) is 111 Å². The highest BCUT2D eigenvalue weighted by atomic mass is 35.5. The van der Waals surface area contributed by atoms with Gasteiger partial charge in [0.15, 0.2) is 0 Å². The molecule has 1 heterocycles. The maximum atomic E-state index is 14.7. The summed E-state index contributed by atoms with van der Waals surface area (Å²) in [6.07, 6.45) is 1.45. The Morgan fingerprint density at radius 1 is 1.03 bits per heavy atom. The molecule has 4 aromatic rings. The molecule has 0 spiro atoms. The Morgan fingerprint density at radius 2 is 1.72 bits per heavy atom. The fourth-order valence-electron chi connectivity index (χ4n) is 4.08. The van der Waals surface area contributed by atoms with Crippen LogP contribution >= 0.6 is 23.2 Å². The van der Waals surface area contributed by atoms with Crippen molar-refractivity contribution in [1.29, 1.82) is 0 Å². The van der Waals surface area contributed by atoms with E-state index in [0.717, 1.165) is 33.0 Å². The molecule has 3 aromatic carbocycles. The van der Waals surface area contributed by atoms with Gasteiger partial charge in [0.25, 0.3) is 15.9 Å². The van der Waals surface area contributed by atoms with Gasteiger partial charge in [0.2, 0.25) is 0 Å². The molecule has 0 aliphatic carbocycles. The molecule has 39 heavy (non-hydrogen) atoms. The van der Waals surface area contributed by atoms with Crippen LogP contribution < -0.4 is 9.73 Å². The van der Waals surface area contributed by atoms with E-state index in [2.05, 4.69) is 10.5 Å². The lowest BCUT2D eigenvalue weighted by atomic mass is 10.2. The molecular weight excluding hydrogens is 562 g/mol. The molecular formula is C28H25Cl2FN4O3S. The van der Waals surface area contributed by atoms with Gasteiger partial charge < -0.3 is 4.57 Å². The van der Waals surface area contributed by atoms with Crippen molar-refractivity contribution in [3.8, 4) is 5.69 Å². The Morgan fingerprint density at radius 3 is 2.38 bits per heavy atom. The van der Waals surface area contributed by atoms with Gasteiger partial charge in [0, 0.05) is 22.0 Å². The summed E-state index contributed by atoms with van der Waals surface area (Å²) < 4.78 is 44.1. The summed E-state index contributed by atoms with van der Waals surface area (Å²) in [5, 5.41) is 5.01. The van der Waals surface area contributed by atoms with Crippen LogP contribution in [0.25, 0.3) is 5.69 Å². The lowest BCUT2D eigenvalue weighted by Gasteiger charge is -2.24. The summed E-state index contributed by atoms with van der Waals surface area (Å²) in [4.78, 5) is 12.8. The molecule has 0 fully saturated rings. The number of sulfonamides is 1. The van der Waals surface area contributed by atoms with E-state index in [9.17, 15) is 17.6 Å². The molecule has 0 aliphatic rings. The smallest absolute Gasteiger partial charge is 0.264 e. The third-order valence-corrected chi connectivity index (χ3v) is 8.34. The highest BCUT2D eigenvalue weighted by Gasteiger charge is 2.29. The highest BCUT2D eigenvalue weighted by molar-refractivity contribution is 7.92. The lowest BCUT2D eigenvalue weighted by molar-refractivity contribution is -0.119. The fraction of sp³-hybridized carbons (Fsp3) is 0.143. The van der Waals surface area contributed by atoms with Crippen molar-refractivity contribution in [2.75, 3.05) is 10.8 Å². The molecule has 0 saturated carbocycles. The number of nitrogens with zero attached hydrogens (tertiary/aromatic N) is 3. The number of halogens is 3. The first kappa shape index (κ1) is 28.4. The first-order valence-electron chi connectivity index (χ1n) is 11.8. The van der Waals surface area contributed by atoms with Gasteiger partial charge in [-0.15, -0.1) is 0 Å². The minimum absolute atomic E-state index is 0.0686. The topological polar surface area (TPSA) is 83.8 Å². The first-order chi connectivity index (χ1) is 18.5. The Bertz CT molecular complexity index is 1670. The zero-order chi connectivity index (χ0) is 28.3. The lowest BCUT2D eigenvalue weighted by Crippen LogP contribution is -2.40. The van der Waals surface area contributed by atoms with Crippen LogP contribution in [0.5, 0.6) is 0 Å². The Balaban J connectivity index is 1.57. The number of hydrogen-bond donors (Lipinski definition) is 1. The van der Waals surface area contributed by atoms with Crippen molar-refractivity contribution in [2.24, 2.45) is 5.10 Å². The quantitative estimate of drug-likeness (QED) is 0.197. The van der Waals surface area contributed by atoms with Crippen LogP contribution in [-0.2, 0) is 14.8 Å². The standard InChI is InChI=1S/C28H25Cl2FN4O3S/c1-18-8-11-23(12-9-18)39(37,38)34(27-7-5-4-6-25(27)31)17-28(36)33-32-16-21-14-19(2)35(20(21)3)26-13-10-22(29)15-24(26)30/h4-16H,17H2,1-3H3,(H,33,36)/b32-16+. The molecule has 0 bridgehead atoms. The number of carbonyl (C=O) groups excluding carboxylic acids is 1. The number of nitrogens with one attached hydrogen (secondary N) is 1. The number of rotatable bonds is 8. The number of benzene rings is 3. The Hall–Kier alpha value is -3.66. The fourth-order valence-corrected chi connectivity index (χ4v) is 6.00. The van der Waals surface area contributed by atoms with Gasteiger partial charge in [-0.1, -0.05) is 53.0 Å². The zero-order valence-electron chi connectivity index (χ0n) is 21.3. The number of anilines is 1. The molecule has 1 amide bonds. The summed E-state index contributed by atoms with van der Waals surface area (Å²) in [6.45, 7) is 4.90. The van der Waals surface area contributed by atoms with Crippen molar-refractivity contribution in [2.45, 2.75) is 25.7 Å². The number of aromatic nitrogens is 1. The predicted octanol–water partition coefficient (Wildman–Crippen LogP) is 6.19. The normalized spacial score (nSPS) is 11.6.